The maximum atomic E-state index is 17.4. The van der Waals surface area contributed by atoms with Crippen LogP contribution >= 0.6 is 0 Å². The zero-order chi connectivity index (χ0) is 28.7. The first kappa shape index (κ1) is 27.7. The number of ether oxygens (including phenoxy) is 2. The van der Waals surface area contributed by atoms with Crippen LogP contribution < -0.4 is 0 Å². The minimum Gasteiger partial charge on any atom is -0.465 e. The van der Waals surface area contributed by atoms with Gasteiger partial charge in [-0.25, -0.2) is 18.4 Å². The highest BCUT2D eigenvalue weighted by Crippen LogP contribution is 2.74. The monoisotopic (exact) mass is 551 g/mol. The van der Waals surface area contributed by atoms with Crippen molar-refractivity contribution in [2.75, 3.05) is 19.7 Å². The molecule has 2 N–H and O–H groups in total. The normalized spacial score (nSPS) is 44.2. The molecule has 0 aromatic rings. The molecule has 9 nitrogen and oxygen atoms in total. The highest BCUT2D eigenvalue weighted by Gasteiger charge is 2.78. The van der Waals surface area contributed by atoms with Gasteiger partial charge in [0.1, 0.15) is 6.17 Å². The summed E-state index contributed by atoms with van der Waals surface area (Å²) in [4.78, 5) is 51.1. The van der Waals surface area contributed by atoms with Gasteiger partial charge in [-0.1, -0.05) is 13.0 Å². The van der Waals surface area contributed by atoms with E-state index in [1.807, 2.05) is 0 Å². The molecule has 1 aliphatic heterocycles. The lowest BCUT2D eigenvalue weighted by Crippen LogP contribution is -2.69. The molecule has 1 saturated heterocycles. The predicted octanol–water partition coefficient (Wildman–Crippen LogP) is 3.64. The summed E-state index contributed by atoms with van der Waals surface area (Å²) in [6.07, 6.45) is -2.51. The maximum absolute atomic E-state index is 17.4. The van der Waals surface area contributed by atoms with Crippen LogP contribution in [0, 0.1) is 34.0 Å². The van der Waals surface area contributed by atoms with Crippen molar-refractivity contribution in [2.24, 2.45) is 34.0 Å². The first-order chi connectivity index (χ1) is 18.1. The molecule has 5 rings (SSSR count). The molecule has 0 aromatic heterocycles. The minimum absolute atomic E-state index is 0.00880. The molecule has 11 heteroatoms. The summed E-state index contributed by atoms with van der Waals surface area (Å²) in [5.74, 6) is -3.07. The Morgan fingerprint density at radius 2 is 1.90 bits per heavy atom. The Bertz CT molecular complexity index is 1190. The number of hydrogen-bond donors (Lipinski definition) is 2. The van der Waals surface area contributed by atoms with Crippen molar-refractivity contribution < 1.29 is 47.6 Å². The van der Waals surface area contributed by atoms with E-state index in [2.05, 4.69) is 0 Å². The fraction of sp³-hybridized carbons (Fsp3) is 0.714. The third-order valence-corrected chi connectivity index (χ3v) is 10.6. The van der Waals surface area contributed by atoms with Crippen molar-refractivity contribution in [3.8, 4) is 0 Å². The second-order valence-corrected chi connectivity index (χ2v) is 12.6. The average molecular weight is 552 g/mol. The Morgan fingerprint density at radius 3 is 2.54 bits per heavy atom. The smallest absolute Gasteiger partial charge is 0.465 e. The van der Waals surface area contributed by atoms with Gasteiger partial charge < -0.3 is 24.6 Å². The van der Waals surface area contributed by atoms with E-state index in [9.17, 15) is 29.4 Å². The standard InChI is InChI=1S/C28H35F2NO8/c1-14(2)39-24(37)38-12-22(34)27-13-31(23(35)36)11-15(27)7-17-18-9-20(29)19-8-16(32)5-6-25(19,3)28(18,30)21(33)10-26(17,27)4/h5-6,8,14-15,17-18,20-21,33H,7,9-13H2,1-4H3,(H,35,36)/t15-,17-,18-,20-,21-,25-,26-,27+,28-/m0/s1. The van der Waals surface area contributed by atoms with Crippen molar-refractivity contribution >= 4 is 23.8 Å². The largest absolute Gasteiger partial charge is 0.508 e. The molecule has 39 heavy (non-hydrogen) atoms. The van der Waals surface area contributed by atoms with Gasteiger partial charge in [0.2, 0.25) is 0 Å². The number of rotatable bonds is 4. The number of Topliss-reactive ketones (excluding diaryl/α,β-unsaturated/α-hetero) is 1. The highest BCUT2D eigenvalue weighted by molar-refractivity contribution is 6.01. The van der Waals surface area contributed by atoms with Gasteiger partial charge in [-0.05, 0) is 75.0 Å². The second kappa shape index (κ2) is 8.84. The number of carboxylic acid groups (broad SMARTS) is 1. The third kappa shape index (κ3) is 3.57. The number of ketones is 2. The Balaban J connectivity index is 1.55. The molecule has 4 fully saturated rings. The third-order valence-electron chi connectivity index (χ3n) is 10.6. The zero-order valence-electron chi connectivity index (χ0n) is 22.5. The second-order valence-electron chi connectivity index (χ2n) is 12.6. The van der Waals surface area contributed by atoms with Crippen molar-refractivity contribution in [2.45, 2.75) is 71.0 Å². The topological polar surface area (TPSA) is 130 Å². The lowest BCUT2D eigenvalue weighted by atomic mass is 9.43. The summed E-state index contributed by atoms with van der Waals surface area (Å²) in [6.45, 7) is 5.64. The number of carbonyl (C=O) groups excluding carboxylic acids is 3. The Morgan fingerprint density at radius 1 is 1.21 bits per heavy atom. The molecule has 0 radical (unpaired) electrons. The summed E-state index contributed by atoms with van der Waals surface area (Å²) in [5, 5.41) is 21.3. The molecule has 5 aliphatic rings. The van der Waals surface area contributed by atoms with Crippen molar-refractivity contribution in [1.29, 1.82) is 0 Å². The molecule has 214 valence electrons. The summed E-state index contributed by atoms with van der Waals surface area (Å²) >= 11 is 0. The molecular weight excluding hydrogens is 516 g/mol. The number of amides is 1. The molecule has 1 heterocycles. The molecular formula is C28H35F2NO8. The number of allylic oxidation sites excluding steroid dienone is 4. The van der Waals surface area contributed by atoms with Gasteiger partial charge in [0.15, 0.2) is 23.8 Å². The van der Waals surface area contributed by atoms with E-state index in [4.69, 9.17) is 9.47 Å². The predicted molar refractivity (Wildman–Crippen MR) is 132 cm³/mol. The van der Waals surface area contributed by atoms with Gasteiger partial charge in [-0.2, -0.15) is 0 Å². The Labute approximate surface area is 225 Å². The number of alkyl halides is 2. The number of aliphatic hydroxyl groups is 1. The fourth-order valence-corrected chi connectivity index (χ4v) is 8.91. The molecule has 3 saturated carbocycles. The zero-order valence-corrected chi connectivity index (χ0v) is 22.5. The lowest BCUT2D eigenvalue weighted by Gasteiger charge is -2.63. The minimum atomic E-state index is -2.31. The first-order valence-corrected chi connectivity index (χ1v) is 13.4. The van der Waals surface area contributed by atoms with Crippen molar-refractivity contribution in [3.05, 3.63) is 23.8 Å². The Kier molecular flexibility index (Phi) is 6.29. The number of likely N-dealkylation sites (tertiary alicyclic amines) is 1. The number of nitrogens with zero attached hydrogens (tertiary/aromatic N) is 1. The maximum Gasteiger partial charge on any atom is 0.508 e. The van der Waals surface area contributed by atoms with Crippen molar-refractivity contribution in [1.82, 2.24) is 4.90 Å². The average Bonchev–Trinajstić information content (AvgIpc) is 3.34. The molecule has 0 bridgehead atoms. The number of halogens is 2. The van der Waals surface area contributed by atoms with Crippen LogP contribution in [0.1, 0.15) is 47.0 Å². The van der Waals surface area contributed by atoms with E-state index < -0.39 is 88.5 Å². The molecule has 4 aliphatic carbocycles. The summed E-state index contributed by atoms with van der Waals surface area (Å²) in [6, 6.07) is 0. The van der Waals surface area contributed by atoms with Gasteiger partial charge in [0.25, 0.3) is 0 Å². The van der Waals surface area contributed by atoms with Crippen molar-refractivity contribution in [3.63, 3.8) is 0 Å². The van der Waals surface area contributed by atoms with Crippen LogP contribution in [0.4, 0.5) is 18.4 Å². The van der Waals surface area contributed by atoms with Crippen LogP contribution in [-0.4, -0.2) is 82.7 Å². The Hall–Kier alpha value is -2.82. The molecule has 9 atom stereocenters. The number of fused-ring (bicyclic) bond motifs is 7. The van der Waals surface area contributed by atoms with E-state index >= 15 is 8.78 Å². The van der Waals surface area contributed by atoms with Crippen LogP contribution in [0.2, 0.25) is 0 Å². The van der Waals surface area contributed by atoms with Gasteiger partial charge >= 0.3 is 12.2 Å². The van der Waals surface area contributed by atoms with E-state index in [0.717, 1.165) is 11.0 Å². The molecule has 0 spiro atoms. The molecule has 1 amide bonds. The van der Waals surface area contributed by atoms with Crippen LogP contribution in [0.25, 0.3) is 0 Å². The molecule has 0 aromatic carbocycles. The van der Waals surface area contributed by atoms with E-state index in [1.165, 1.54) is 19.1 Å². The lowest BCUT2D eigenvalue weighted by molar-refractivity contribution is -0.211. The van der Waals surface area contributed by atoms with E-state index in [1.54, 1.807) is 20.8 Å². The van der Waals surface area contributed by atoms with Crippen LogP contribution in [-0.2, 0) is 19.1 Å². The SMILES string of the molecule is CC(C)OC(=O)OCC(=O)[C@@]12CN(C(=O)O)C[C@@H]1C[C@H]1[C@@H]3C[C@H](F)C4=CC(=O)C=C[C@]4(C)[C@@]3(F)[C@@H](O)C[C@@]12C. The summed E-state index contributed by atoms with van der Waals surface area (Å²) < 4.78 is 43.2. The van der Waals surface area contributed by atoms with E-state index in [-0.39, 0.29) is 37.9 Å². The number of aliphatic hydroxyl groups excluding tert-OH is 1. The van der Waals surface area contributed by atoms with E-state index in [0.29, 0.717) is 0 Å². The number of carbonyl (C=O) groups is 4. The van der Waals surface area contributed by atoms with Gasteiger partial charge in [-0.15, -0.1) is 0 Å². The number of hydrogen-bond acceptors (Lipinski definition) is 7. The van der Waals surface area contributed by atoms with Gasteiger partial charge in [0.05, 0.1) is 17.6 Å². The fourth-order valence-electron chi connectivity index (χ4n) is 8.91. The summed E-state index contributed by atoms with van der Waals surface area (Å²) in [5.41, 5.74) is -6.35. The summed E-state index contributed by atoms with van der Waals surface area (Å²) in [7, 11) is 0. The van der Waals surface area contributed by atoms with Gasteiger partial charge in [-0.3, -0.25) is 9.59 Å². The highest BCUT2D eigenvalue weighted by atomic mass is 19.1. The van der Waals surface area contributed by atoms with Crippen LogP contribution in [0.15, 0.2) is 23.8 Å². The quantitative estimate of drug-likeness (QED) is 0.507. The van der Waals surface area contributed by atoms with Crippen LogP contribution in [0.5, 0.6) is 0 Å². The molecule has 0 unspecified atom stereocenters. The first-order valence-electron chi connectivity index (χ1n) is 13.4. The van der Waals surface area contributed by atoms with Crippen LogP contribution in [0.3, 0.4) is 0 Å². The van der Waals surface area contributed by atoms with Gasteiger partial charge in [0, 0.05) is 24.4 Å².